The normalized spacial score (nSPS) is 10.4. The standard InChI is InChI=1S/C15H20O4.C2H6/c1-6-10-8-12(14(18)19-15(3,4)5)11(13(16)17)7-9(10)2;1-2/h7-8H,6H2,1-5H3,(H,16,17);1-2H3. The molecule has 118 valence electrons. The minimum atomic E-state index is -1.12. The summed E-state index contributed by atoms with van der Waals surface area (Å²) in [5.41, 5.74) is 1.27. The molecule has 0 aromatic heterocycles. The lowest BCUT2D eigenvalue weighted by Crippen LogP contribution is -2.25. The van der Waals surface area contributed by atoms with E-state index < -0.39 is 17.5 Å². The Morgan fingerprint density at radius 2 is 1.67 bits per heavy atom. The molecular formula is C17H26O4. The maximum Gasteiger partial charge on any atom is 0.339 e. The lowest BCUT2D eigenvalue weighted by atomic mass is 9.97. The van der Waals surface area contributed by atoms with Gasteiger partial charge in [-0.15, -0.1) is 0 Å². The van der Waals surface area contributed by atoms with Gasteiger partial charge >= 0.3 is 11.9 Å². The maximum atomic E-state index is 12.1. The van der Waals surface area contributed by atoms with Gasteiger partial charge in [0.15, 0.2) is 0 Å². The van der Waals surface area contributed by atoms with Crippen LogP contribution in [-0.4, -0.2) is 22.6 Å². The summed E-state index contributed by atoms with van der Waals surface area (Å²) in [6.07, 6.45) is 0.738. The molecule has 0 fully saturated rings. The summed E-state index contributed by atoms with van der Waals surface area (Å²) in [5.74, 6) is -1.72. The number of aryl methyl sites for hydroxylation is 2. The first-order chi connectivity index (χ1) is 9.65. The van der Waals surface area contributed by atoms with E-state index in [0.717, 1.165) is 17.5 Å². The molecule has 0 saturated heterocycles. The largest absolute Gasteiger partial charge is 0.478 e. The summed E-state index contributed by atoms with van der Waals surface area (Å²) in [4.78, 5) is 23.3. The molecule has 1 aromatic rings. The van der Waals surface area contributed by atoms with Crippen molar-refractivity contribution in [1.82, 2.24) is 0 Å². The molecule has 0 spiro atoms. The van der Waals surface area contributed by atoms with E-state index in [1.807, 2.05) is 27.7 Å². The van der Waals surface area contributed by atoms with Gasteiger partial charge in [-0.2, -0.15) is 0 Å². The zero-order valence-corrected chi connectivity index (χ0v) is 14.0. The third-order valence-corrected chi connectivity index (χ3v) is 2.71. The van der Waals surface area contributed by atoms with Crippen LogP contribution in [0.25, 0.3) is 0 Å². The predicted octanol–water partition coefficient (Wildman–Crippen LogP) is 4.24. The Balaban J connectivity index is 0.00000191. The van der Waals surface area contributed by atoms with Gasteiger partial charge in [-0.25, -0.2) is 9.59 Å². The predicted molar refractivity (Wildman–Crippen MR) is 84.0 cm³/mol. The molecule has 1 N–H and O–H groups in total. The van der Waals surface area contributed by atoms with E-state index in [4.69, 9.17) is 4.74 Å². The van der Waals surface area contributed by atoms with Gasteiger partial charge in [0.2, 0.25) is 0 Å². The maximum absolute atomic E-state index is 12.1. The van der Waals surface area contributed by atoms with E-state index in [0.29, 0.717) is 0 Å². The lowest BCUT2D eigenvalue weighted by molar-refractivity contribution is 0.00657. The van der Waals surface area contributed by atoms with Gasteiger partial charge in [-0.1, -0.05) is 20.8 Å². The van der Waals surface area contributed by atoms with Crippen molar-refractivity contribution in [3.63, 3.8) is 0 Å². The van der Waals surface area contributed by atoms with Crippen molar-refractivity contribution in [3.05, 3.63) is 34.4 Å². The first-order valence-corrected chi connectivity index (χ1v) is 7.26. The molecule has 1 aromatic carbocycles. The Morgan fingerprint density at radius 3 is 2.05 bits per heavy atom. The quantitative estimate of drug-likeness (QED) is 0.847. The van der Waals surface area contributed by atoms with Crippen LogP contribution in [0.4, 0.5) is 0 Å². The summed E-state index contributed by atoms with van der Waals surface area (Å²) in [6.45, 7) is 13.0. The number of carboxylic acids is 1. The number of hydrogen-bond acceptors (Lipinski definition) is 3. The number of carbonyl (C=O) groups excluding carboxylic acids is 1. The molecule has 0 atom stereocenters. The summed E-state index contributed by atoms with van der Waals surface area (Å²) >= 11 is 0. The molecule has 0 heterocycles. The summed E-state index contributed by atoms with van der Waals surface area (Å²) in [7, 11) is 0. The van der Waals surface area contributed by atoms with Crippen LogP contribution >= 0.6 is 0 Å². The second-order valence-electron chi connectivity index (χ2n) is 5.48. The fourth-order valence-electron chi connectivity index (χ4n) is 1.81. The Hall–Kier alpha value is -1.84. The molecule has 0 saturated carbocycles. The number of ether oxygens (including phenoxy) is 1. The molecule has 0 amide bonds. The van der Waals surface area contributed by atoms with Crippen LogP contribution in [0.3, 0.4) is 0 Å². The second-order valence-corrected chi connectivity index (χ2v) is 5.48. The minimum Gasteiger partial charge on any atom is -0.478 e. The number of aromatic carboxylic acids is 1. The van der Waals surface area contributed by atoms with Crippen LogP contribution in [0.15, 0.2) is 12.1 Å². The number of esters is 1. The van der Waals surface area contributed by atoms with E-state index in [1.54, 1.807) is 26.8 Å². The van der Waals surface area contributed by atoms with Gasteiger partial charge in [-0.3, -0.25) is 0 Å². The van der Waals surface area contributed by atoms with Gasteiger partial charge in [0.05, 0.1) is 11.1 Å². The molecule has 0 radical (unpaired) electrons. The van der Waals surface area contributed by atoms with Crippen molar-refractivity contribution < 1.29 is 19.4 Å². The molecule has 0 bridgehead atoms. The van der Waals surface area contributed by atoms with E-state index in [2.05, 4.69) is 0 Å². The van der Waals surface area contributed by atoms with Crippen LogP contribution in [0.2, 0.25) is 0 Å². The van der Waals surface area contributed by atoms with E-state index in [9.17, 15) is 14.7 Å². The third-order valence-electron chi connectivity index (χ3n) is 2.71. The summed E-state index contributed by atoms with van der Waals surface area (Å²) < 4.78 is 5.25. The molecule has 4 heteroatoms. The van der Waals surface area contributed by atoms with Crippen molar-refractivity contribution in [1.29, 1.82) is 0 Å². The Bertz CT molecular complexity index is 510. The van der Waals surface area contributed by atoms with Crippen molar-refractivity contribution in [2.24, 2.45) is 0 Å². The molecule has 0 aliphatic rings. The van der Waals surface area contributed by atoms with Crippen LogP contribution in [0.5, 0.6) is 0 Å². The SMILES string of the molecule is CC.CCc1cc(C(=O)OC(C)(C)C)c(C(=O)O)cc1C. The summed E-state index contributed by atoms with van der Waals surface area (Å²) in [5, 5.41) is 9.19. The third kappa shape index (κ3) is 5.58. The van der Waals surface area contributed by atoms with Crippen molar-refractivity contribution in [2.75, 3.05) is 0 Å². The van der Waals surface area contributed by atoms with Gasteiger partial charge in [0.1, 0.15) is 5.60 Å². The number of benzene rings is 1. The first-order valence-electron chi connectivity index (χ1n) is 7.26. The van der Waals surface area contributed by atoms with Crippen LogP contribution in [0.1, 0.15) is 73.4 Å². The van der Waals surface area contributed by atoms with Gasteiger partial charge in [-0.05, 0) is 57.4 Å². The molecule has 0 unspecified atom stereocenters. The van der Waals surface area contributed by atoms with Crippen LogP contribution in [0, 0.1) is 6.92 Å². The van der Waals surface area contributed by atoms with Crippen LogP contribution in [-0.2, 0) is 11.2 Å². The van der Waals surface area contributed by atoms with E-state index in [1.165, 1.54) is 6.07 Å². The Morgan fingerprint density at radius 1 is 1.14 bits per heavy atom. The highest BCUT2D eigenvalue weighted by atomic mass is 16.6. The van der Waals surface area contributed by atoms with Gasteiger partial charge < -0.3 is 9.84 Å². The molecular weight excluding hydrogens is 268 g/mol. The zero-order chi connectivity index (χ0) is 16.8. The summed E-state index contributed by atoms with van der Waals surface area (Å²) in [6, 6.07) is 3.15. The molecule has 4 nitrogen and oxygen atoms in total. The van der Waals surface area contributed by atoms with E-state index in [-0.39, 0.29) is 11.1 Å². The Labute approximate surface area is 127 Å². The Kier molecular flexibility index (Phi) is 7.13. The smallest absolute Gasteiger partial charge is 0.339 e. The monoisotopic (exact) mass is 294 g/mol. The number of carboxylic acid groups (broad SMARTS) is 1. The van der Waals surface area contributed by atoms with Gasteiger partial charge in [0.25, 0.3) is 0 Å². The molecule has 0 aliphatic carbocycles. The van der Waals surface area contributed by atoms with Crippen molar-refractivity contribution >= 4 is 11.9 Å². The number of hydrogen-bond donors (Lipinski definition) is 1. The molecule has 21 heavy (non-hydrogen) atoms. The highest BCUT2D eigenvalue weighted by Crippen LogP contribution is 2.21. The van der Waals surface area contributed by atoms with Crippen molar-refractivity contribution in [2.45, 2.75) is 60.5 Å². The topological polar surface area (TPSA) is 63.6 Å². The second kappa shape index (κ2) is 7.81. The number of rotatable bonds is 3. The van der Waals surface area contributed by atoms with Crippen LogP contribution < -0.4 is 0 Å². The number of carbonyl (C=O) groups is 2. The average Bonchev–Trinajstić information content (AvgIpc) is 2.38. The lowest BCUT2D eigenvalue weighted by Gasteiger charge is -2.20. The first kappa shape index (κ1) is 19.2. The fraction of sp³-hybridized carbons (Fsp3) is 0.529. The zero-order valence-electron chi connectivity index (χ0n) is 14.0. The van der Waals surface area contributed by atoms with Gasteiger partial charge in [0, 0.05) is 0 Å². The minimum absolute atomic E-state index is 0.0102. The fourth-order valence-corrected chi connectivity index (χ4v) is 1.81. The van der Waals surface area contributed by atoms with E-state index >= 15 is 0 Å². The molecule has 1 rings (SSSR count). The van der Waals surface area contributed by atoms with Crippen molar-refractivity contribution in [3.8, 4) is 0 Å². The highest BCUT2D eigenvalue weighted by molar-refractivity contribution is 6.03. The average molecular weight is 294 g/mol. The molecule has 0 aliphatic heterocycles. The highest BCUT2D eigenvalue weighted by Gasteiger charge is 2.23.